The van der Waals surface area contributed by atoms with Crippen molar-refractivity contribution >= 4 is 28.3 Å². The molecule has 0 aromatic carbocycles. The minimum atomic E-state index is -0.959. The molecular weight excluding hydrogens is 250 g/mol. The van der Waals surface area contributed by atoms with Gasteiger partial charge in [0.1, 0.15) is 0 Å². The normalized spacial score (nSPS) is 14.2. The van der Waals surface area contributed by atoms with Gasteiger partial charge in [0, 0.05) is 28.9 Å². The first-order chi connectivity index (χ1) is 7.50. The second-order valence-electron chi connectivity index (χ2n) is 3.26. The number of carbonyl (C=O) groups is 1. The lowest BCUT2D eigenvalue weighted by molar-refractivity contribution is 0.0948. The molecule has 2 unspecified atom stereocenters. The van der Waals surface area contributed by atoms with Crippen LogP contribution in [0.25, 0.3) is 0 Å². The minimum absolute atomic E-state index is 0.0933. The molecule has 16 heavy (non-hydrogen) atoms. The Kier molecular flexibility index (Phi) is 4.82. The maximum Gasteiger partial charge on any atom is 0.271 e. The van der Waals surface area contributed by atoms with Gasteiger partial charge in [-0.15, -0.1) is 10.2 Å². The highest BCUT2D eigenvalue weighted by Gasteiger charge is 2.11. The summed E-state index contributed by atoms with van der Waals surface area (Å²) in [5.74, 6) is -0.346. The van der Waals surface area contributed by atoms with Crippen LogP contribution in [0.1, 0.15) is 17.4 Å². The van der Waals surface area contributed by atoms with Crippen LogP contribution in [-0.4, -0.2) is 38.4 Å². The molecule has 1 rings (SSSR count). The van der Waals surface area contributed by atoms with Crippen molar-refractivity contribution in [3.8, 4) is 0 Å². The largest absolute Gasteiger partial charge is 0.349 e. The van der Waals surface area contributed by atoms with Crippen LogP contribution < -0.4 is 5.32 Å². The molecule has 7 heteroatoms. The van der Waals surface area contributed by atoms with Crippen molar-refractivity contribution in [2.24, 2.45) is 0 Å². The number of amides is 1. The van der Waals surface area contributed by atoms with Crippen LogP contribution in [0, 0.1) is 0 Å². The average molecular weight is 262 g/mol. The number of nitrogens with one attached hydrogen (secondary N) is 1. The molecule has 5 nitrogen and oxygen atoms in total. The second-order valence-corrected chi connectivity index (χ2v) is 5.45. The van der Waals surface area contributed by atoms with E-state index in [1.807, 2.05) is 0 Å². The van der Waals surface area contributed by atoms with Crippen LogP contribution in [-0.2, 0) is 10.8 Å². The summed E-state index contributed by atoms with van der Waals surface area (Å²) >= 11 is 5.54. The third-order valence-electron chi connectivity index (χ3n) is 1.98. The molecule has 0 radical (unpaired) electrons. The lowest BCUT2D eigenvalue weighted by atomic mass is 10.3. The molecule has 1 aromatic rings. The van der Waals surface area contributed by atoms with Crippen LogP contribution in [0.4, 0.5) is 0 Å². The van der Waals surface area contributed by atoms with E-state index in [2.05, 4.69) is 15.5 Å². The van der Waals surface area contributed by atoms with E-state index in [9.17, 15) is 9.00 Å². The summed E-state index contributed by atoms with van der Waals surface area (Å²) < 4.78 is 11.1. The van der Waals surface area contributed by atoms with Crippen molar-refractivity contribution in [3.05, 3.63) is 23.0 Å². The lowest BCUT2D eigenvalue weighted by Crippen LogP contribution is -2.33. The quantitative estimate of drug-likeness (QED) is 0.863. The van der Waals surface area contributed by atoms with Gasteiger partial charge >= 0.3 is 0 Å². The van der Waals surface area contributed by atoms with Crippen LogP contribution in [0.3, 0.4) is 0 Å². The molecular formula is C9H12ClN3O2S. The summed E-state index contributed by atoms with van der Waals surface area (Å²) in [6, 6.07) is 2.98. The first kappa shape index (κ1) is 13.1. The highest BCUT2D eigenvalue weighted by atomic mass is 35.5. The Balaban J connectivity index is 2.53. The van der Waals surface area contributed by atoms with E-state index in [1.54, 1.807) is 13.2 Å². The van der Waals surface area contributed by atoms with Crippen LogP contribution in [0.5, 0.6) is 0 Å². The second kappa shape index (κ2) is 5.91. The predicted molar refractivity (Wildman–Crippen MR) is 62.9 cm³/mol. The van der Waals surface area contributed by atoms with Gasteiger partial charge in [0.25, 0.3) is 5.91 Å². The molecule has 1 amide bonds. The first-order valence-electron chi connectivity index (χ1n) is 4.60. The van der Waals surface area contributed by atoms with Gasteiger partial charge in [-0.1, -0.05) is 11.6 Å². The third kappa shape index (κ3) is 3.86. The van der Waals surface area contributed by atoms with Crippen molar-refractivity contribution in [3.63, 3.8) is 0 Å². The fraction of sp³-hybridized carbons (Fsp3) is 0.444. The summed E-state index contributed by atoms with van der Waals surface area (Å²) in [5, 5.41) is 9.95. The maximum absolute atomic E-state index is 11.5. The Morgan fingerprint density at radius 1 is 1.56 bits per heavy atom. The van der Waals surface area contributed by atoms with Crippen LogP contribution in [0.2, 0.25) is 5.15 Å². The zero-order chi connectivity index (χ0) is 12.1. The fourth-order valence-corrected chi connectivity index (χ4v) is 1.30. The van der Waals surface area contributed by atoms with Gasteiger partial charge in [-0.2, -0.15) is 0 Å². The molecule has 0 bridgehead atoms. The van der Waals surface area contributed by atoms with Crippen molar-refractivity contribution in [2.75, 3.05) is 12.8 Å². The Labute approximate surface area is 101 Å². The Morgan fingerprint density at radius 2 is 2.25 bits per heavy atom. The van der Waals surface area contributed by atoms with E-state index in [-0.39, 0.29) is 22.0 Å². The van der Waals surface area contributed by atoms with E-state index in [0.717, 1.165) is 0 Å². The lowest BCUT2D eigenvalue weighted by Gasteiger charge is -2.09. The Hall–Kier alpha value is -1.01. The molecule has 2 atom stereocenters. The summed E-state index contributed by atoms with van der Waals surface area (Å²) in [6.45, 7) is 2.14. The number of nitrogens with zero attached hydrogens (tertiary/aromatic N) is 2. The number of hydrogen-bond donors (Lipinski definition) is 1. The standard InChI is InChI=1S/C9H12ClN3O2S/c1-6(16(2)15)5-11-9(14)7-3-4-8(10)13-12-7/h3-4,6H,5H2,1-2H3,(H,11,14). The van der Waals surface area contributed by atoms with Crippen LogP contribution in [0.15, 0.2) is 12.1 Å². The van der Waals surface area contributed by atoms with Gasteiger partial charge in [0.2, 0.25) is 0 Å². The number of hydrogen-bond acceptors (Lipinski definition) is 4. The smallest absolute Gasteiger partial charge is 0.271 e. The van der Waals surface area contributed by atoms with E-state index in [1.165, 1.54) is 12.1 Å². The molecule has 0 aliphatic rings. The van der Waals surface area contributed by atoms with Crippen molar-refractivity contribution in [1.29, 1.82) is 0 Å². The van der Waals surface area contributed by atoms with Gasteiger partial charge < -0.3 is 5.32 Å². The summed E-state index contributed by atoms with van der Waals surface area (Å²) in [7, 11) is -0.959. The van der Waals surface area contributed by atoms with Gasteiger partial charge in [-0.25, -0.2) is 0 Å². The van der Waals surface area contributed by atoms with Gasteiger partial charge in [0.05, 0.1) is 0 Å². The number of carbonyl (C=O) groups excluding carboxylic acids is 1. The average Bonchev–Trinajstić information content (AvgIpc) is 2.26. The summed E-state index contributed by atoms with van der Waals surface area (Å²) in [4.78, 5) is 11.5. The molecule has 0 spiro atoms. The zero-order valence-electron chi connectivity index (χ0n) is 8.94. The molecule has 0 fully saturated rings. The maximum atomic E-state index is 11.5. The minimum Gasteiger partial charge on any atom is -0.349 e. The topological polar surface area (TPSA) is 72.0 Å². The molecule has 1 heterocycles. The van der Waals surface area contributed by atoms with Gasteiger partial charge in [-0.05, 0) is 19.1 Å². The molecule has 1 aromatic heterocycles. The fourth-order valence-electron chi connectivity index (χ4n) is 0.881. The molecule has 0 aliphatic carbocycles. The van der Waals surface area contributed by atoms with E-state index < -0.39 is 10.8 Å². The van der Waals surface area contributed by atoms with Gasteiger partial charge in [-0.3, -0.25) is 9.00 Å². The molecule has 0 aliphatic heterocycles. The highest BCUT2D eigenvalue weighted by Crippen LogP contribution is 2.02. The monoisotopic (exact) mass is 261 g/mol. The first-order valence-corrected chi connectivity index (χ1v) is 6.60. The van der Waals surface area contributed by atoms with E-state index >= 15 is 0 Å². The highest BCUT2D eigenvalue weighted by molar-refractivity contribution is 7.84. The summed E-state index contributed by atoms with van der Waals surface area (Å²) in [6.07, 6.45) is 1.60. The van der Waals surface area contributed by atoms with Crippen molar-refractivity contribution in [1.82, 2.24) is 15.5 Å². The molecule has 0 saturated carbocycles. The number of halogens is 1. The summed E-state index contributed by atoms with van der Waals surface area (Å²) in [5.41, 5.74) is 0.193. The SMILES string of the molecule is CC(CNC(=O)c1ccc(Cl)nn1)S(C)=O. The molecule has 1 N–H and O–H groups in total. The van der Waals surface area contributed by atoms with Crippen LogP contribution >= 0.6 is 11.6 Å². The van der Waals surface area contributed by atoms with Gasteiger partial charge in [0.15, 0.2) is 10.8 Å². The third-order valence-corrected chi connectivity index (χ3v) is 3.48. The predicted octanol–water partition coefficient (Wildman–Crippen LogP) is 0.627. The van der Waals surface area contributed by atoms with Crippen molar-refractivity contribution < 1.29 is 9.00 Å². The number of rotatable bonds is 4. The zero-order valence-corrected chi connectivity index (χ0v) is 10.5. The van der Waals surface area contributed by atoms with Crippen molar-refractivity contribution in [2.45, 2.75) is 12.2 Å². The Bertz CT molecular complexity index is 396. The molecule has 88 valence electrons. The van der Waals surface area contributed by atoms with E-state index in [4.69, 9.17) is 11.6 Å². The van der Waals surface area contributed by atoms with E-state index in [0.29, 0.717) is 6.54 Å². The number of aromatic nitrogens is 2. The Morgan fingerprint density at radius 3 is 2.75 bits per heavy atom. The molecule has 0 saturated heterocycles.